The lowest BCUT2D eigenvalue weighted by atomic mass is 9.95. The van der Waals surface area contributed by atoms with E-state index in [4.69, 9.17) is 4.74 Å². The summed E-state index contributed by atoms with van der Waals surface area (Å²) < 4.78 is 6.97. The van der Waals surface area contributed by atoms with Gasteiger partial charge in [0.25, 0.3) is 0 Å². The van der Waals surface area contributed by atoms with Gasteiger partial charge in [-0.3, -0.25) is 0 Å². The van der Waals surface area contributed by atoms with Crippen molar-refractivity contribution in [3.63, 3.8) is 0 Å². The molecule has 2 rings (SSSR count). The smallest absolute Gasteiger partial charge is 0.0617 e. The molecule has 0 amide bonds. The van der Waals surface area contributed by atoms with Gasteiger partial charge >= 0.3 is 0 Å². The maximum Gasteiger partial charge on any atom is 0.0617 e. The fourth-order valence-corrected chi connectivity index (χ4v) is 2.64. The first-order valence-electron chi connectivity index (χ1n) is 6.70. The normalized spacial score (nSPS) is 24.3. The van der Waals surface area contributed by atoms with E-state index >= 15 is 0 Å². The first-order chi connectivity index (χ1) is 8.56. The summed E-state index contributed by atoms with van der Waals surface area (Å²) in [4.78, 5) is 0. The topological polar surface area (TPSA) is 21.3 Å². The number of nitrogens with one attached hydrogen (secondary N) is 1. The van der Waals surface area contributed by atoms with Crippen molar-refractivity contribution in [1.82, 2.24) is 0 Å². The van der Waals surface area contributed by atoms with Gasteiger partial charge in [-0.15, -0.1) is 0 Å². The predicted octanol–water partition coefficient (Wildman–Crippen LogP) is 4.37. The Hall–Kier alpha value is -0.540. The predicted molar refractivity (Wildman–Crippen MR) is 80.1 cm³/mol. The Labute approximate surface area is 118 Å². The first kappa shape index (κ1) is 13.9. The third-order valence-electron chi connectivity index (χ3n) is 3.59. The second kappa shape index (κ2) is 6.07. The summed E-state index contributed by atoms with van der Waals surface area (Å²) in [6, 6.07) is 6.98. The minimum Gasteiger partial charge on any atom is -0.382 e. The minimum absolute atomic E-state index is 0.396. The Morgan fingerprint density at radius 2 is 2.17 bits per heavy atom. The van der Waals surface area contributed by atoms with Crippen LogP contribution in [0.3, 0.4) is 0 Å². The molecular weight excluding hydrogens is 290 g/mol. The summed E-state index contributed by atoms with van der Waals surface area (Å²) in [7, 11) is 0. The van der Waals surface area contributed by atoms with Gasteiger partial charge in [0.15, 0.2) is 0 Å². The maximum absolute atomic E-state index is 5.80. The number of hydrogen-bond acceptors (Lipinski definition) is 2. The Balaban J connectivity index is 1.98. The lowest BCUT2D eigenvalue weighted by molar-refractivity contribution is -0.0160. The SMILES string of the molecule is Cc1cc(NC2CCOC(C(C)C)C2)ccc1Br. The number of benzene rings is 1. The molecule has 1 fully saturated rings. The van der Waals surface area contributed by atoms with Crippen LogP contribution in [0.25, 0.3) is 0 Å². The zero-order valence-electron chi connectivity index (χ0n) is 11.4. The zero-order chi connectivity index (χ0) is 13.1. The minimum atomic E-state index is 0.396. The average molecular weight is 312 g/mol. The van der Waals surface area contributed by atoms with Crippen LogP contribution < -0.4 is 5.32 Å². The van der Waals surface area contributed by atoms with E-state index in [1.807, 2.05) is 0 Å². The van der Waals surface area contributed by atoms with Gasteiger partial charge in [-0.1, -0.05) is 29.8 Å². The van der Waals surface area contributed by atoms with E-state index in [9.17, 15) is 0 Å². The third kappa shape index (κ3) is 3.48. The van der Waals surface area contributed by atoms with E-state index in [0.717, 1.165) is 19.4 Å². The largest absolute Gasteiger partial charge is 0.382 e. The van der Waals surface area contributed by atoms with Gasteiger partial charge in [-0.2, -0.15) is 0 Å². The van der Waals surface area contributed by atoms with E-state index in [2.05, 4.69) is 60.2 Å². The van der Waals surface area contributed by atoms with Crippen LogP contribution in [0, 0.1) is 12.8 Å². The summed E-state index contributed by atoms with van der Waals surface area (Å²) in [5, 5.41) is 3.63. The fraction of sp³-hybridized carbons (Fsp3) is 0.600. The molecule has 0 aliphatic carbocycles. The summed E-state index contributed by atoms with van der Waals surface area (Å²) in [5.41, 5.74) is 2.48. The van der Waals surface area contributed by atoms with Gasteiger partial charge in [-0.25, -0.2) is 0 Å². The van der Waals surface area contributed by atoms with Crippen LogP contribution in [0.15, 0.2) is 22.7 Å². The number of rotatable bonds is 3. The van der Waals surface area contributed by atoms with Crippen LogP contribution in [-0.2, 0) is 4.74 Å². The molecule has 18 heavy (non-hydrogen) atoms. The van der Waals surface area contributed by atoms with E-state index in [-0.39, 0.29) is 0 Å². The summed E-state index contributed by atoms with van der Waals surface area (Å²) in [6.45, 7) is 7.46. The molecule has 1 aliphatic heterocycles. The second-order valence-electron chi connectivity index (χ2n) is 5.48. The van der Waals surface area contributed by atoms with Gasteiger partial charge in [0.1, 0.15) is 0 Å². The molecule has 1 aliphatic rings. The van der Waals surface area contributed by atoms with Crippen LogP contribution in [0.1, 0.15) is 32.3 Å². The quantitative estimate of drug-likeness (QED) is 0.894. The summed E-state index contributed by atoms with van der Waals surface area (Å²) in [5.74, 6) is 0.598. The van der Waals surface area contributed by atoms with E-state index in [0.29, 0.717) is 18.1 Å². The molecule has 2 atom stereocenters. The van der Waals surface area contributed by atoms with Crippen molar-refractivity contribution in [2.75, 3.05) is 11.9 Å². The van der Waals surface area contributed by atoms with Crippen molar-refractivity contribution in [3.05, 3.63) is 28.2 Å². The first-order valence-corrected chi connectivity index (χ1v) is 7.50. The molecule has 2 nitrogen and oxygen atoms in total. The Morgan fingerprint density at radius 3 is 2.83 bits per heavy atom. The lowest BCUT2D eigenvalue weighted by Crippen LogP contribution is -2.36. The zero-order valence-corrected chi connectivity index (χ0v) is 13.0. The third-order valence-corrected chi connectivity index (χ3v) is 4.48. The van der Waals surface area contributed by atoms with Gasteiger partial charge in [0.05, 0.1) is 6.10 Å². The molecule has 100 valence electrons. The van der Waals surface area contributed by atoms with E-state index in [1.54, 1.807) is 0 Å². The molecule has 1 heterocycles. The number of ether oxygens (including phenoxy) is 1. The van der Waals surface area contributed by atoms with Crippen molar-refractivity contribution in [2.45, 2.75) is 45.8 Å². The molecule has 0 aromatic heterocycles. The lowest BCUT2D eigenvalue weighted by Gasteiger charge is -2.33. The summed E-state index contributed by atoms with van der Waals surface area (Å²) in [6.07, 6.45) is 2.60. The molecule has 1 aromatic rings. The van der Waals surface area contributed by atoms with Crippen molar-refractivity contribution in [2.24, 2.45) is 5.92 Å². The van der Waals surface area contributed by atoms with Crippen LogP contribution in [0.4, 0.5) is 5.69 Å². The highest BCUT2D eigenvalue weighted by Crippen LogP contribution is 2.25. The van der Waals surface area contributed by atoms with Crippen molar-refractivity contribution in [1.29, 1.82) is 0 Å². The second-order valence-corrected chi connectivity index (χ2v) is 6.34. The highest BCUT2D eigenvalue weighted by Gasteiger charge is 2.24. The number of aryl methyl sites for hydroxylation is 1. The molecule has 0 radical (unpaired) electrons. The Bertz CT molecular complexity index is 405. The van der Waals surface area contributed by atoms with Crippen LogP contribution in [0.5, 0.6) is 0 Å². The van der Waals surface area contributed by atoms with Gasteiger partial charge in [0, 0.05) is 22.8 Å². The van der Waals surface area contributed by atoms with Crippen LogP contribution in [0.2, 0.25) is 0 Å². The fourth-order valence-electron chi connectivity index (χ4n) is 2.39. The summed E-state index contributed by atoms with van der Waals surface area (Å²) >= 11 is 3.54. The number of anilines is 1. The van der Waals surface area contributed by atoms with Crippen molar-refractivity contribution < 1.29 is 4.74 Å². The van der Waals surface area contributed by atoms with Crippen LogP contribution >= 0.6 is 15.9 Å². The van der Waals surface area contributed by atoms with Crippen molar-refractivity contribution >= 4 is 21.6 Å². The molecule has 1 N–H and O–H groups in total. The molecule has 1 saturated heterocycles. The molecule has 0 spiro atoms. The molecule has 0 saturated carbocycles. The molecular formula is C15H22BrNO. The van der Waals surface area contributed by atoms with E-state index in [1.165, 1.54) is 15.7 Å². The number of hydrogen-bond donors (Lipinski definition) is 1. The average Bonchev–Trinajstić information content (AvgIpc) is 2.34. The standard InChI is InChI=1S/C15H22BrNO/c1-10(2)15-9-13(6-7-18-15)17-12-4-5-14(16)11(3)8-12/h4-5,8,10,13,15,17H,6-7,9H2,1-3H3. The highest BCUT2D eigenvalue weighted by molar-refractivity contribution is 9.10. The highest BCUT2D eigenvalue weighted by atomic mass is 79.9. The number of halogens is 1. The van der Waals surface area contributed by atoms with Gasteiger partial charge in [0.2, 0.25) is 0 Å². The van der Waals surface area contributed by atoms with Gasteiger partial charge in [-0.05, 0) is 49.4 Å². The van der Waals surface area contributed by atoms with Crippen molar-refractivity contribution in [3.8, 4) is 0 Å². The Morgan fingerprint density at radius 1 is 1.39 bits per heavy atom. The maximum atomic E-state index is 5.80. The van der Waals surface area contributed by atoms with Crippen LogP contribution in [-0.4, -0.2) is 18.8 Å². The monoisotopic (exact) mass is 311 g/mol. The van der Waals surface area contributed by atoms with Gasteiger partial charge < -0.3 is 10.1 Å². The molecule has 3 heteroatoms. The van der Waals surface area contributed by atoms with E-state index < -0.39 is 0 Å². The molecule has 2 unspecified atom stereocenters. The molecule has 1 aromatic carbocycles. The Kier molecular flexibility index (Phi) is 4.68. The molecule has 0 bridgehead atoms.